The largest absolute Gasteiger partial charge is 0.281 e. The van der Waals surface area contributed by atoms with E-state index in [1.165, 1.54) is 17.3 Å². The van der Waals surface area contributed by atoms with E-state index in [1.807, 2.05) is 31.2 Å². The van der Waals surface area contributed by atoms with E-state index in [1.54, 1.807) is 24.3 Å². The molecule has 0 aliphatic rings. The lowest BCUT2D eigenvalue weighted by Crippen LogP contribution is -1.92. The first-order valence-corrected chi connectivity index (χ1v) is 6.39. The number of halogens is 1. The lowest BCUT2D eigenvalue weighted by Gasteiger charge is -2.01. The summed E-state index contributed by atoms with van der Waals surface area (Å²) in [5.41, 5.74) is 1.85. The van der Waals surface area contributed by atoms with Gasteiger partial charge in [-0.2, -0.15) is 0 Å². The molecule has 0 bridgehead atoms. The summed E-state index contributed by atoms with van der Waals surface area (Å²) in [7, 11) is 0. The highest BCUT2D eigenvalue weighted by molar-refractivity contribution is 8.14. The predicted octanol–water partition coefficient (Wildman–Crippen LogP) is 4.58. The van der Waals surface area contributed by atoms with Crippen LogP contribution in [-0.2, 0) is 0 Å². The van der Waals surface area contributed by atoms with Gasteiger partial charge >= 0.3 is 0 Å². The van der Waals surface area contributed by atoms with Gasteiger partial charge < -0.3 is 0 Å². The third-order valence-electron chi connectivity index (χ3n) is 2.31. The van der Waals surface area contributed by atoms with Crippen molar-refractivity contribution in [3.05, 3.63) is 64.7 Å². The minimum atomic E-state index is 0.0329. The number of hydrogen-bond acceptors (Lipinski definition) is 2. The van der Waals surface area contributed by atoms with Crippen molar-refractivity contribution in [2.75, 3.05) is 0 Å². The molecule has 86 valence electrons. The fraction of sp³-hybridized carbons (Fsp3) is 0.0714. The fourth-order valence-electron chi connectivity index (χ4n) is 1.36. The van der Waals surface area contributed by atoms with Crippen molar-refractivity contribution in [1.29, 1.82) is 0 Å². The van der Waals surface area contributed by atoms with Crippen molar-refractivity contribution in [2.45, 2.75) is 11.8 Å². The normalized spacial score (nSPS) is 10.2. The summed E-state index contributed by atoms with van der Waals surface area (Å²) >= 11 is 7.01. The Balaban J connectivity index is 2.11. The van der Waals surface area contributed by atoms with Gasteiger partial charge in [0.05, 0.1) is 0 Å². The van der Waals surface area contributed by atoms with Gasteiger partial charge in [-0.25, -0.2) is 0 Å². The second-order valence-electron chi connectivity index (χ2n) is 3.71. The summed E-state index contributed by atoms with van der Waals surface area (Å²) in [4.78, 5) is 12.9. The molecule has 2 aromatic rings. The molecule has 0 heterocycles. The van der Waals surface area contributed by atoms with E-state index >= 15 is 0 Å². The Labute approximate surface area is 110 Å². The summed E-state index contributed by atoms with van der Waals surface area (Å²) in [6.45, 7) is 2.02. The SMILES string of the molecule is Cc1ccc(SC(=O)c2ccc(Cl)cc2)cc1. The van der Waals surface area contributed by atoms with Gasteiger partial charge in [-0.05, 0) is 55.1 Å². The standard InChI is InChI=1S/C14H11ClOS/c1-10-2-8-13(9-3-10)17-14(16)11-4-6-12(15)7-5-11/h2-9H,1H3. The van der Waals surface area contributed by atoms with E-state index in [4.69, 9.17) is 11.6 Å². The van der Waals surface area contributed by atoms with Crippen LogP contribution in [0.5, 0.6) is 0 Å². The first-order valence-electron chi connectivity index (χ1n) is 5.19. The molecule has 0 radical (unpaired) electrons. The Bertz CT molecular complexity index is 517. The van der Waals surface area contributed by atoms with Crippen LogP contribution < -0.4 is 0 Å². The summed E-state index contributed by atoms with van der Waals surface area (Å²) in [5, 5.41) is 0.674. The Kier molecular flexibility index (Phi) is 3.87. The van der Waals surface area contributed by atoms with Gasteiger partial charge in [0.25, 0.3) is 0 Å². The minimum Gasteiger partial charge on any atom is -0.281 e. The highest BCUT2D eigenvalue weighted by Gasteiger charge is 2.07. The maximum atomic E-state index is 11.9. The molecule has 0 N–H and O–H groups in total. The van der Waals surface area contributed by atoms with E-state index in [0.29, 0.717) is 10.6 Å². The molecular formula is C14H11ClOS. The average Bonchev–Trinajstić information content (AvgIpc) is 2.33. The highest BCUT2D eigenvalue weighted by Crippen LogP contribution is 2.23. The highest BCUT2D eigenvalue weighted by atomic mass is 35.5. The van der Waals surface area contributed by atoms with Gasteiger partial charge in [-0.15, -0.1) is 0 Å². The van der Waals surface area contributed by atoms with Gasteiger partial charge in [-0.3, -0.25) is 4.79 Å². The first-order chi connectivity index (χ1) is 8.15. The van der Waals surface area contributed by atoms with Crippen molar-refractivity contribution in [2.24, 2.45) is 0 Å². The van der Waals surface area contributed by atoms with Crippen LogP contribution in [0.1, 0.15) is 15.9 Å². The van der Waals surface area contributed by atoms with Crippen molar-refractivity contribution in [3.63, 3.8) is 0 Å². The van der Waals surface area contributed by atoms with Gasteiger partial charge in [0.1, 0.15) is 0 Å². The van der Waals surface area contributed by atoms with Crippen LogP contribution in [0.4, 0.5) is 0 Å². The number of benzene rings is 2. The van der Waals surface area contributed by atoms with Crippen LogP contribution in [0.15, 0.2) is 53.4 Å². The average molecular weight is 263 g/mol. The number of rotatable bonds is 2. The molecular weight excluding hydrogens is 252 g/mol. The van der Waals surface area contributed by atoms with Gasteiger partial charge in [0, 0.05) is 15.5 Å². The monoisotopic (exact) mass is 262 g/mol. The molecule has 2 aromatic carbocycles. The summed E-state index contributed by atoms with van der Waals surface area (Å²) in [6, 6.07) is 14.8. The van der Waals surface area contributed by atoms with Crippen LogP contribution in [-0.4, -0.2) is 5.12 Å². The van der Waals surface area contributed by atoms with E-state index in [9.17, 15) is 4.79 Å². The summed E-state index contributed by atoms with van der Waals surface area (Å²) in [6.07, 6.45) is 0. The Hall–Kier alpha value is -1.25. The number of carbonyl (C=O) groups is 1. The van der Waals surface area contributed by atoms with E-state index in [-0.39, 0.29) is 5.12 Å². The van der Waals surface area contributed by atoms with Crippen LogP contribution in [0.2, 0.25) is 5.02 Å². The molecule has 0 atom stereocenters. The molecule has 0 unspecified atom stereocenters. The van der Waals surface area contributed by atoms with Crippen LogP contribution in [0, 0.1) is 6.92 Å². The fourth-order valence-corrected chi connectivity index (χ4v) is 2.22. The zero-order chi connectivity index (χ0) is 12.3. The molecule has 0 fully saturated rings. The smallest absolute Gasteiger partial charge is 0.224 e. The van der Waals surface area contributed by atoms with E-state index < -0.39 is 0 Å². The number of aryl methyl sites for hydroxylation is 1. The Morgan fingerprint density at radius 1 is 1.00 bits per heavy atom. The lowest BCUT2D eigenvalue weighted by atomic mass is 10.2. The van der Waals surface area contributed by atoms with Crippen molar-refractivity contribution < 1.29 is 4.79 Å². The Morgan fingerprint density at radius 2 is 1.59 bits per heavy atom. The number of carbonyl (C=O) groups excluding carboxylic acids is 1. The molecule has 17 heavy (non-hydrogen) atoms. The van der Waals surface area contributed by atoms with Crippen LogP contribution in [0.25, 0.3) is 0 Å². The molecule has 2 rings (SSSR count). The molecule has 0 amide bonds. The molecule has 0 saturated heterocycles. The van der Waals surface area contributed by atoms with Crippen molar-refractivity contribution >= 4 is 28.5 Å². The van der Waals surface area contributed by atoms with Gasteiger partial charge in [-0.1, -0.05) is 29.3 Å². The third kappa shape index (κ3) is 3.35. The second-order valence-corrected chi connectivity index (χ2v) is 5.19. The third-order valence-corrected chi connectivity index (χ3v) is 3.49. The maximum Gasteiger partial charge on any atom is 0.224 e. The molecule has 0 spiro atoms. The topological polar surface area (TPSA) is 17.1 Å². The molecule has 0 aromatic heterocycles. The molecule has 3 heteroatoms. The molecule has 1 nitrogen and oxygen atoms in total. The zero-order valence-corrected chi connectivity index (χ0v) is 10.9. The summed E-state index contributed by atoms with van der Waals surface area (Å²) in [5.74, 6) is 0. The first kappa shape index (κ1) is 12.2. The van der Waals surface area contributed by atoms with Gasteiger partial charge in [0.15, 0.2) is 0 Å². The quantitative estimate of drug-likeness (QED) is 0.737. The van der Waals surface area contributed by atoms with Gasteiger partial charge in [0.2, 0.25) is 5.12 Å². The Morgan fingerprint density at radius 3 is 2.18 bits per heavy atom. The van der Waals surface area contributed by atoms with E-state index in [0.717, 1.165) is 4.90 Å². The zero-order valence-electron chi connectivity index (χ0n) is 9.31. The van der Waals surface area contributed by atoms with E-state index in [2.05, 4.69) is 0 Å². The minimum absolute atomic E-state index is 0.0329. The van der Waals surface area contributed by atoms with Crippen molar-refractivity contribution in [1.82, 2.24) is 0 Å². The number of hydrogen-bond donors (Lipinski definition) is 0. The molecule has 0 aliphatic carbocycles. The van der Waals surface area contributed by atoms with Crippen LogP contribution >= 0.6 is 23.4 Å². The number of thioether (sulfide) groups is 1. The maximum absolute atomic E-state index is 11.9. The van der Waals surface area contributed by atoms with Crippen molar-refractivity contribution in [3.8, 4) is 0 Å². The molecule has 0 saturated carbocycles. The predicted molar refractivity (Wildman–Crippen MR) is 72.8 cm³/mol. The molecule has 0 aliphatic heterocycles. The van der Waals surface area contributed by atoms with Crippen LogP contribution in [0.3, 0.4) is 0 Å². The second kappa shape index (κ2) is 5.39. The lowest BCUT2D eigenvalue weighted by molar-refractivity contribution is 0.108. The summed E-state index contributed by atoms with van der Waals surface area (Å²) < 4.78 is 0.